The molecule has 8 heteroatoms. The van der Waals surface area contributed by atoms with Crippen molar-refractivity contribution in [3.63, 3.8) is 0 Å². The number of nitrogens with zero attached hydrogens (tertiary/aromatic N) is 4. The number of nitrogens with one attached hydrogen (secondary N) is 1. The Morgan fingerprint density at radius 2 is 1.97 bits per heavy atom. The number of halogens is 2. The van der Waals surface area contributed by atoms with Crippen molar-refractivity contribution >= 4 is 22.6 Å². The molecule has 1 aromatic carbocycles. The van der Waals surface area contributed by atoms with E-state index in [4.69, 9.17) is 4.52 Å². The van der Waals surface area contributed by atoms with Crippen molar-refractivity contribution in [1.29, 1.82) is 0 Å². The first-order valence-electron chi connectivity index (χ1n) is 10.0. The third-order valence-corrected chi connectivity index (χ3v) is 6.02. The standard InChI is InChI=1S/C21H23F2N5O/c22-15-2-5-19-18(9-15)21(26-29-19)28-8-7-27-12-14(1-4-17(27)13-28)10-24-20-6-3-16(23)11-25-20/h2-3,5-6,9,11,14,17H,1,4,7-8,10,12-13H2,(H,24,25)/t14-,17+/m0/s1. The number of rotatable bonds is 4. The van der Waals surface area contributed by atoms with Crippen molar-refractivity contribution in [1.82, 2.24) is 15.0 Å². The third-order valence-electron chi connectivity index (χ3n) is 6.02. The molecule has 0 radical (unpaired) electrons. The molecule has 2 aliphatic heterocycles. The molecule has 0 amide bonds. The second-order valence-corrected chi connectivity index (χ2v) is 7.93. The van der Waals surface area contributed by atoms with Crippen molar-refractivity contribution < 1.29 is 13.3 Å². The van der Waals surface area contributed by atoms with Crippen LogP contribution < -0.4 is 10.2 Å². The number of hydrogen-bond donors (Lipinski definition) is 1. The van der Waals surface area contributed by atoms with Crippen molar-refractivity contribution in [2.45, 2.75) is 18.9 Å². The fourth-order valence-electron chi connectivity index (χ4n) is 4.47. The average Bonchev–Trinajstić information content (AvgIpc) is 3.16. The van der Waals surface area contributed by atoms with Crippen LogP contribution in [0.3, 0.4) is 0 Å². The molecule has 2 fully saturated rings. The molecule has 152 valence electrons. The Morgan fingerprint density at radius 3 is 2.83 bits per heavy atom. The zero-order valence-corrected chi connectivity index (χ0v) is 16.0. The van der Waals surface area contributed by atoms with E-state index in [1.54, 1.807) is 12.1 Å². The minimum atomic E-state index is -0.323. The average molecular weight is 399 g/mol. The summed E-state index contributed by atoms with van der Waals surface area (Å²) in [5.41, 5.74) is 0.619. The number of anilines is 2. The summed E-state index contributed by atoms with van der Waals surface area (Å²) in [6.45, 7) is 4.52. The van der Waals surface area contributed by atoms with Crippen LogP contribution >= 0.6 is 0 Å². The highest BCUT2D eigenvalue weighted by Crippen LogP contribution is 2.31. The Bertz CT molecular complexity index is 992. The number of piperazine rings is 1. The van der Waals surface area contributed by atoms with E-state index in [0.717, 1.165) is 56.8 Å². The minimum absolute atomic E-state index is 0.274. The van der Waals surface area contributed by atoms with Gasteiger partial charge in [-0.1, -0.05) is 5.16 Å². The van der Waals surface area contributed by atoms with E-state index in [0.29, 0.717) is 23.4 Å². The minimum Gasteiger partial charge on any atom is -0.370 e. The molecule has 0 aliphatic carbocycles. The topological polar surface area (TPSA) is 57.4 Å². The summed E-state index contributed by atoms with van der Waals surface area (Å²) in [7, 11) is 0. The summed E-state index contributed by atoms with van der Waals surface area (Å²) >= 11 is 0. The largest absolute Gasteiger partial charge is 0.370 e. The van der Waals surface area contributed by atoms with Gasteiger partial charge in [0.25, 0.3) is 0 Å². The first-order chi connectivity index (χ1) is 14.2. The number of hydrogen-bond acceptors (Lipinski definition) is 6. The lowest BCUT2D eigenvalue weighted by Gasteiger charge is -2.46. The smallest absolute Gasteiger partial charge is 0.180 e. The number of pyridine rings is 1. The van der Waals surface area contributed by atoms with Crippen LogP contribution in [-0.4, -0.2) is 53.8 Å². The molecule has 0 unspecified atom stereocenters. The van der Waals surface area contributed by atoms with E-state index in [1.807, 2.05) is 0 Å². The van der Waals surface area contributed by atoms with Gasteiger partial charge in [0.1, 0.15) is 17.5 Å². The summed E-state index contributed by atoms with van der Waals surface area (Å²) in [5.74, 6) is 1.39. The number of benzene rings is 1. The Labute approximate surface area is 167 Å². The van der Waals surface area contributed by atoms with E-state index in [1.165, 1.54) is 24.4 Å². The van der Waals surface area contributed by atoms with Crippen LogP contribution in [0, 0.1) is 17.6 Å². The maximum absolute atomic E-state index is 13.7. The van der Waals surface area contributed by atoms with Gasteiger partial charge in [0, 0.05) is 38.8 Å². The highest BCUT2D eigenvalue weighted by Gasteiger charge is 2.34. The zero-order chi connectivity index (χ0) is 19.8. The van der Waals surface area contributed by atoms with E-state index in [9.17, 15) is 8.78 Å². The molecule has 5 rings (SSSR count). The molecule has 6 nitrogen and oxygen atoms in total. The second kappa shape index (κ2) is 7.59. The predicted octanol–water partition coefficient (Wildman–Crippen LogP) is 3.51. The van der Waals surface area contributed by atoms with Crippen LogP contribution in [0.5, 0.6) is 0 Å². The van der Waals surface area contributed by atoms with Gasteiger partial charge in [0.15, 0.2) is 11.4 Å². The van der Waals surface area contributed by atoms with Crippen LogP contribution in [0.4, 0.5) is 20.4 Å². The van der Waals surface area contributed by atoms with Gasteiger partial charge in [-0.25, -0.2) is 13.8 Å². The quantitative estimate of drug-likeness (QED) is 0.725. The van der Waals surface area contributed by atoms with Crippen molar-refractivity contribution in [2.24, 2.45) is 5.92 Å². The molecule has 29 heavy (non-hydrogen) atoms. The second-order valence-electron chi connectivity index (χ2n) is 7.93. The fraction of sp³-hybridized carbons (Fsp3) is 0.429. The van der Waals surface area contributed by atoms with Gasteiger partial charge in [-0.2, -0.15) is 0 Å². The molecular weight excluding hydrogens is 376 g/mol. The normalized spacial score (nSPS) is 22.6. The summed E-state index contributed by atoms with van der Waals surface area (Å²) in [4.78, 5) is 8.82. The van der Waals surface area contributed by atoms with E-state index in [-0.39, 0.29) is 11.6 Å². The summed E-state index contributed by atoms with van der Waals surface area (Å²) in [5, 5.41) is 8.26. The van der Waals surface area contributed by atoms with Gasteiger partial charge in [-0.15, -0.1) is 0 Å². The van der Waals surface area contributed by atoms with Gasteiger partial charge < -0.3 is 14.7 Å². The summed E-state index contributed by atoms with van der Waals surface area (Å²) in [6.07, 6.45) is 3.46. The maximum atomic E-state index is 13.7. The number of fused-ring (bicyclic) bond motifs is 2. The van der Waals surface area contributed by atoms with E-state index < -0.39 is 0 Å². The van der Waals surface area contributed by atoms with Gasteiger partial charge in [0.2, 0.25) is 0 Å². The highest BCUT2D eigenvalue weighted by atomic mass is 19.1. The molecule has 0 saturated carbocycles. The van der Waals surface area contributed by atoms with E-state index in [2.05, 4.69) is 25.3 Å². The molecule has 2 atom stereocenters. The number of piperidine rings is 1. The van der Waals surface area contributed by atoms with Crippen LogP contribution in [0.1, 0.15) is 12.8 Å². The lowest BCUT2D eigenvalue weighted by atomic mass is 9.91. The first-order valence-corrected chi connectivity index (χ1v) is 10.0. The predicted molar refractivity (Wildman–Crippen MR) is 107 cm³/mol. The Kier molecular flexibility index (Phi) is 4.79. The molecule has 0 bridgehead atoms. The molecule has 3 aromatic rings. The molecule has 2 aliphatic rings. The highest BCUT2D eigenvalue weighted by molar-refractivity contribution is 5.88. The van der Waals surface area contributed by atoms with Crippen molar-refractivity contribution in [3.8, 4) is 0 Å². The molecule has 1 N–H and O–H groups in total. The lowest BCUT2D eigenvalue weighted by molar-refractivity contribution is 0.0994. The monoisotopic (exact) mass is 399 g/mol. The summed E-state index contributed by atoms with van der Waals surface area (Å²) < 4.78 is 32.0. The number of aromatic nitrogens is 2. The summed E-state index contributed by atoms with van der Waals surface area (Å²) in [6, 6.07) is 8.08. The third kappa shape index (κ3) is 3.76. The Hall–Kier alpha value is -2.74. The molecular formula is C21H23F2N5O. The molecule has 0 spiro atoms. The molecule has 2 saturated heterocycles. The van der Waals surface area contributed by atoms with Crippen molar-refractivity contribution in [2.75, 3.05) is 42.9 Å². The van der Waals surface area contributed by atoms with Gasteiger partial charge >= 0.3 is 0 Å². The van der Waals surface area contributed by atoms with Crippen LogP contribution in [0.15, 0.2) is 41.1 Å². The fourth-order valence-corrected chi connectivity index (χ4v) is 4.47. The zero-order valence-electron chi connectivity index (χ0n) is 16.0. The van der Waals surface area contributed by atoms with Gasteiger partial charge in [-0.3, -0.25) is 4.90 Å². The lowest BCUT2D eigenvalue weighted by Crippen LogP contribution is -2.57. The van der Waals surface area contributed by atoms with Gasteiger partial charge in [-0.05, 0) is 49.1 Å². The molecule has 2 aromatic heterocycles. The van der Waals surface area contributed by atoms with Crippen LogP contribution in [0.25, 0.3) is 11.0 Å². The van der Waals surface area contributed by atoms with Crippen LogP contribution in [-0.2, 0) is 0 Å². The Morgan fingerprint density at radius 1 is 1.07 bits per heavy atom. The van der Waals surface area contributed by atoms with Crippen molar-refractivity contribution in [3.05, 3.63) is 48.2 Å². The maximum Gasteiger partial charge on any atom is 0.180 e. The van der Waals surface area contributed by atoms with Crippen LogP contribution in [0.2, 0.25) is 0 Å². The first kappa shape index (κ1) is 18.3. The molecule has 4 heterocycles. The van der Waals surface area contributed by atoms with Gasteiger partial charge in [0.05, 0.1) is 11.6 Å². The Balaban J connectivity index is 1.20. The SMILES string of the molecule is Fc1ccc(NC[C@@H]2CC[C@@H]3CN(c4noc5ccc(F)cc45)CCN3C2)nc1. The van der Waals surface area contributed by atoms with E-state index >= 15 is 0 Å².